The summed E-state index contributed by atoms with van der Waals surface area (Å²) in [6.07, 6.45) is 2.27. The van der Waals surface area contributed by atoms with Gasteiger partial charge >= 0.3 is 0 Å². The standard InChI is InChI=1S/C19H27FN4O4S/c20-16-4-6-17(7-5-16)29(27,28)24-13-11-22(12-14-24)15-18(25)21-8-2-10-23-9-1-3-19(23)26/h4-7H,1-3,8-15H2,(H,21,25)/p+1. The molecule has 0 bridgehead atoms. The van der Waals surface area contributed by atoms with Crippen LogP contribution in [0.2, 0.25) is 0 Å². The Balaban J connectivity index is 1.37. The number of carbonyl (C=O) groups is 2. The number of likely N-dealkylation sites (tertiary alicyclic amines) is 1. The molecule has 8 nitrogen and oxygen atoms in total. The van der Waals surface area contributed by atoms with Crippen molar-refractivity contribution in [2.75, 3.05) is 52.4 Å². The van der Waals surface area contributed by atoms with Crippen molar-refractivity contribution >= 4 is 21.8 Å². The molecule has 3 rings (SSSR count). The number of benzene rings is 1. The zero-order valence-electron chi connectivity index (χ0n) is 16.4. The largest absolute Gasteiger partial charge is 0.351 e. The van der Waals surface area contributed by atoms with Gasteiger partial charge in [-0.15, -0.1) is 0 Å². The first kappa shape index (κ1) is 21.7. The lowest BCUT2D eigenvalue weighted by Crippen LogP contribution is -3.15. The number of amides is 2. The zero-order valence-corrected chi connectivity index (χ0v) is 17.2. The van der Waals surface area contributed by atoms with E-state index in [1.807, 2.05) is 4.90 Å². The van der Waals surface area contributed by atoms with Gasteiger partial charge in [0.15, 0.2) is 6.54 Å². The minimum absolute atomic E-state index is 0.0670. The van der Waals surface area contributed by atoms with E-state index in [2.05, 4.69) is 5.32 Å². The molecule has 2 N–H and O–H groups in total. The van der Waals surface area contributed by atoms with Crippen LogP contribution < -0.4 is 10.2 Å². The van der Waals surface area contributed by atoms with Crippen LogP contribution in [0.25, 0.3) is 0 Å². The molecule has 160 valence electrons. The van der Waals surface area contributed by atoms with E-state index in [-0.39, 0.29) is 16.7 Å². The summed E-state index contributed by atoms with van der Waals surface area (Å²) in [6.45, 7) is 4.02. The number of sulfonamides is 1. The molecule has 29 heavy (non-hydrogen) atoms. The molecule has 2 aliphatic heterocycles. The van der Waals surface area contributed by atoms with Crippen molar-refractivity contribution in [3.63, 3.8) is 0 Å². The summed E-state index contributed by atoms with van der Waals surface area (Å²) in [7, 11) is -3.64. The van der Waals surface area contributed by atoms with Crippen molar-refractivity contribution in [3.8, 4) is 0 Å². The number of nitrogens with zero attached hydrogens (tertiary/aromatic N) is 2. The molecule has 10 heteroatoms. The van der Waals surface area contributed by atoms with Crippen molar-refractivity contribution < 1.29 is 27.3 Å². The van der Waals surface area contributed by atoms with Crippen LogP contribution in [-0.4, -0.2) is 81.8 Å². The molecule has 1 aromatic rings. The molecule has 0 atom stereocenters. The van der Waals surface area contributed by atoms with E-state index in [1.165, 1.54) is 16.4 Å². The lowest BCUT2D eigenvalue weighted by molar-refractivity contribution is -0.895. The lowest BCUT2D eigenvalue weighted by Gasteiger charge is -2.31. The Hall–Kier alpha value is -2.04. The number of piperazine rings is 1. The van der Waals surface area contributed by atoms with E-state index in [0.29, 0.717) is 52.2 Å². The van der Waals surface area contributed by atoms with Crippen LogP contribution in [-0.2, 0) is 19.6 Å². The maximum Gasteiger partial charge on any atom is 0.275 e. The van der Waals surface area contributed by atoms with Gasteiger partial charge in [0.1, 0.15) is 5.82 Å². The third-order valence-corrected chi connectivity index (χ3v) is 7.30. The number of quaternary nitrogens is 1. The van der Waals surface area contributed by atoms with Gasteiger partial charge in [0.25, 0.3) is 5.91 Å². The number of nitrogens with one attached hydrogen (secondary N) is 2. The number of hydrogen-bond donors (Lipinski definition) is 2. The van der Waals surface area contributed by atoms with Crippen LogP contribution in [0.3, 0.4) is 0 Å². The summed E-state index contributed by atoms with van der Waals surface area (Å²) >= 11 is 0. The smallest absolute Gasteiger partial charge is 0.275 e. The molecule has 2 amide bonds. The number of rotatable bonds is 8. The molecular weight excluding hydrogens is 399 g/mol. The fraction of sp³-hybridized carbons (Fsp3) is 0.579. The zero-order chi connectivity index (χ0) is 20.9. The van der Waals surface area contributed by atoms with E-state index in [4.69, 9.17) is 0 Å². The molecule has 0 radical (unpaired) electrons. The first-order valence-electron chi connectivity index (χ1n) is 10.00. The Morgan fingerprint density at radius 3 is 2.45 bits per heavy atom. The molecule has 2 aliphatic rings. The summed E-state index contributed by atoms with van der Waals surface area (Å²) in [5.41, 5.74) is 0. The second-order valence-electron chi connectivity index (χ2n) is 7.47. The number of hydrogen-bond acceptors (Lipinski definition) is 4. The molecule has 0 saturated carbocycles. The van der Waals surface area contributed by atoms with Crippen LogP contribution in [0, 0.1) is 5.82 Å². The summed E-state index contributed by atoms with van der Waals surface area (Å²) in [6, 6.07) is 4.82. The van der Waals surface area contributed by atoms with Crippen molar-refractivity contribution in [1.29, 1.82) is 0 Å². The number of halogens is 1. The maximum atomic E-state index is 13.0. The number of carbonyl (C=O) groups excluding carboxylic acids is 2. The highest BCUT2D eigenvalue weighted by molar-refractivity contribution is 7.89. The molecule has 0 unspecified atom stereocenters. The minimum atomic E-state index is -3.64. The Kier molecular flexibility index (Phi) is 7.20. The van der Waals surface area contributed by atoms with E-state index in [0.717, 1.165) is 36.4 Å². The van der Waals surface area contributed by atoms with E-state index < -0.39 is 15.8 Å². The molecule has 2 heterocycles. The van der Waals surface area contributed by atoms with Crippen LogP contribution >= 0.6 is 0 Å². The Morgan fingerprint density at radius 1 is 1.14 bits per heavy atom. The normalized spacial score (nSPS) is 18.9. The first-order valence-corrected chi connectivity index (χ1v) is 11.4. The van der Waals surface area contributed by atoms with Gasteiger partial charge in [-0.3, -0.25) is 9.59 Å². The maximum absolute atomic E-state index is 13.0. The molecular formula is C19H28FN4O4S+. The first-order chi connectivity index (χ1) is 13.9. The van der Waals surface area contributed by atoms with Crippen LogP contribution in [0.15, 0.2) is 29.2 Å². The molecule has 0 aliphatic carbocycles. The second kappa shape index (κ2) is 9.64. The second-order valence-corrected chi connectivity index (χ2v) is 9.41. The predicted molar refractivity (Wildman–Crippen MR) is 104 cm³/mol. The molecule has 2 saturated heterocycles. The Bertz CT molecular complexity index is 823. The van der Waals surface area contributed by atoms with E-state index >= 15 is 0 Å². The SMILES string of the molecule is O=C(C[NH+]1CCN(S(=O)(=O)c2ccc(F)cc2)CC1)NCCCN1CCCC1=O. The highest BCUT2D eigenvalue weighted by Gasteiger charge is 2.31. The van der Waals surface area contributed by atoms with Gasteiger partial charge in [-0.25, -0.2) is 12.8 Å². The van der Waals surface area contributed by atoms with Gasteiger partial charge in [0.2, 0.25) is 15.9 Å². The molecule has 0 spiro atoms. The molecule has 1 aromatic carbocycles. The summed E-state index contributed by atoms with van der Waals surface area (Å²) < 4.78 is 39.7. The highest BCUT2D eigenvalue weighted by Crippen LogP contribution is 2.16. The van der Waals surface area contributed by atoms with Gasteiger partial charge in [-0.05, 0) is 37.1 Å². The molecule has 0 aromatic heterocycles. The third-order valence-electron chi connectivity index (χ3n) is 5.39. The minimum Gasteiger partial charge on any atom is -0.351 e. The lowest BCUT2D eigenvalue weighted by atomic mass is 10.3. The summed E-state index contributed by atoms with van der Waals surface area (Å²) in [4.78, 5) is 26.6. The van der Waals surface area contributed by atoms with Crippen molar-refractivity contribution in [2.45, 2.75) is 24.2 Å². The fourth-order valence-corrected chi connectivity index (χ4v) is 5.14. The Labute approximate surface area is 170 Å². The van der Waals surface area contributed by atoms with Crippen LogP contribution in [0.1, 0.15) is 19.3 Å². The topological polar surface area (TPSA) is 91.2 Å². The van der Waals surface area contributed by atoms with Gasteiger partial charge in [-0.1, -0.05) is 0 Å². The van der Waals surface area contributed by atoms with Crippen LogP contribution in [0.4, 0.5) is 4.39 Å². The van der Waals surface area contributed by atoms with Crippen molar-refractivity contribution in [1.82, 2.24) is 14.5 Å². The average Bonchev–Trinajstić information content (AvgIpc) is 3.11. The predicted octanol–water partition coefficient (Wildman–Crippen LogP) is -1.16. The summed E-state index contributed by atoms with van der Waals surface area (Å²) in [5.74, 6) is -0.354. The van der Waals surface area contributed by atoms with E-state index in [1.54, 1.807) is 0 Å². The van der Waals surface area contributed by atoms with Crippen LogP contribution in [0.5, 0.6) is 0 Å². The quantitative estimate of drug-likeness (QED) is 0.513. The van der Waals surface area contributed by atoms with Gasteiger partial charge < -0.3 is 15.1 Å². The van der Waals surface area contributed by atoms with Crippen molar-refractivity contribution in [2.24, 2.45) is 0 Å². The highest BCUT2D eigenvalue weighted by atomic mass is 32.2. The Morgan fingerprint density at radius 2 is 1.83 bits per heavy atom. The van der Waals surface area contributed by atoms with Crippen molar-refractivity contribution in [3.05, 3.63) is 30.1 Å². The summed E-state index contributed by atoms with van der Waals surface area (Å²) in [5, 5.41) is 2.88. The van der Waals surface area contributed by atoms with Gasteiger partial charge in [0.05, 0.1) is 31.1 Å². The van der Waals surface area contributed by atoms with Gasteiger partial charge in [-0.2, -0.15) is 4.31 Å². The van der Waals surface area contributed by atoms with Gasteiger partial charge in [0, 0.05) is 26.1 Å². The third kappa shape index (κ3) is 5.74. The monoisotopic (exact) mass is 427 g/mol. The molecule has 2 fully saturated rings. The van der Waals surface area contributed by atoms with E-state index in [9.17, 15) is 22.4 Å². The average molecular weight is 428 g/mol. The fourth-order valence-electron chi connectivity index (χ4n) is 3.70.